The Morgan fingerprint density at radius 2 is 1.93 bits per heavy atom. The van der Waals surface area contributed by atoms with Crippen LogP contribution >= 0.6 is 0 Å². The first kappa shape index (κ1) is 9.09. The van der Waals surface area contributed by atoms with Crippen molar-refractivity contribution in [3.8, 4) is 0 Å². The molecule has 0 aromatic rings. The van der Waals surface area contributed by atoms with Gasteiger partial charge in [0.1, 0.15) is 0 Å². The molecule has 4 nitrogen and oxygen atoms in total. The zero-order chi connectivity index (χ0) is 10.1. The predicted octanol–water partition coefficient (Wildman–Crippen LogP) is 0.251. The molecule has 80 valence electrons. The molecular formula is C10H20N4. The summed E-state index contributed by atoms with van der Waals surface area (Å²) in [7, 11) is 4.40. The van der Waals surface area contributed by atoms with Gasteiger partial charge in [0.15, 0.2) is 0 Å². The Balaban J connectivity index is 2.02. The van der Waals surface area contributed by atoms with Crippen LogP contribution in [0.15, 0.2) is 0 Å². The molecule has 5 unspecified atom stereocenters. The lowest BCUT2D eigenvalue weighted by Gasteiger charge is -2.69. The first-order chi connectivity index (χ1) is 6.54. The van der Waals surface area contributed by atoms with Crippen molar-refractivity contribution in [2.75, 3.05) is 33.7 Å². The van der Waals surface area contributed by atoms with Crippen molar-refractivity contribution >= 4 is 0 Å². The van der Waals surface area contributed by atoms with E-state index in [1.807, 2.05) is 0 Å². The second-order valence-electron chi connectivity index (χ2n) is 5.32. The van der Waals surface area contributed by atoms with Gasteiger partial charge in [-0.05, 0) is 18.8 Å². The van der Waals surface area contributed by atoms with Crippen LogP contribution in [0.5, 0.6) is 0 Å². The Bertz CT molecular complexity index is 269. The zero-order valence-corrected chi connectivity index (χ0v) is 9.56. The van der Waals surface area contributed by atoms with Crippen molar-refractivity contribution in [3.63, 3.8) is 0 Å². The molecule has 4 fully saturated rings. The second kappa shape index (κ2) is 2.50. The van der Waals surface area contributed by atoms with Gasteiger partial charge in [-0.15, -0.1) is 0 Å². The summed E-state index contributed by atoms with van der Waals surface area (Å²) in [6.07, 6.45) is 0. The number of hydrazine groups is 3. The number of likely N-dealkylation sites (N-methyl/N-ethyl adjacent to an activating group) is 1. The van der Waals surface area contributed by atoms with Crippen LogP contribution < -0.4 is 0 Å². The Morgan fingerprint density at radius 1 is 1.21 bits per heavy atom. The van der Waals surface area contributed by atoms with Crippen LogP contribution in [0.25, 0.3) is 0 Å². The molecule has 0 spiro atoms. The number of hydrogen-bond acceptors (Lipinski definition) is 4. The lowest BCUT2D eigenvalue weighted by Crippen LogP contribution is -2.82. The average Bonchev–Trinajstić information content (AvgIpc) is 2.15. The standard InChI is InChI=1S/C10H20N4/c1-8-9-5-13-7-10(8,2)11(3)14(6-9)12(13)4/h8-9H,5-7H2,1-4H3. The van der Waals surface area contributed by atoms with Gasteiger partial charge in [0, 0.05) is 33.7 Å². The lowest BCUT2D eigenvalue weighted by molar-refractivity contribution is -0.398. The van der Waals surface area contributed by atoms with Crippen LogP contribution in [0.4, 0.5) is 0 Å². The van der Waals surface area contributed by atoms with Gasteiger partial charge in [0.25, 0.3) is 0 Å². The van der Waals surface area contributed by atoms with E-state index in [1.165, 1.54) is 19.6 Å². The highest BCUT2D eigenvalue weighted by atomic mass is 16.0. The summed E-state index contributed by atoms with van der Waals surface area (Å²) >= 11 is 0. The monoisotopic (exact) mass is 196 g/mol. The maximum Gasteiger partial charge on any atom is 0.0509 e. The molecule has 0 aliphatic carbocycles. The summed E-state index contributed by atoms with van der Waals surface area (Å²) in [5.41, 5.74) is 0.341. The normalized spacial score (nSPS) is 58.3. The minimum absolute atomic E-state index is 0.341. The van der Waals surface area contributed by atoms with Gasteiger partial charge in [-0.1, -0.05) is 6.92 Å². The summed E-state index contributed by atoms with van der Waals surface area (Å²) in [6.45, 7) is 8.43. The Hall–Kier alpha value is -0.160. The second-order valence-corrected chi connectivity index (χ2v) is 5.32. The van der Waals surface area contributed by atoms with Gasteiger partial charge < -0.3 is 0 Å². The molecule has 0 radical (unpaired) electrons. The van der Waals surface area contributed by atoms with E-state index >= 15 is 0 Å². The third-order valence-electron chi connectivity index (χ3n) is 4.86. The third-order valence-corrected chi connectivity index (χ3v) is 4.86. The molecule has 4 heteroatoms. The molecule has 4 bridgehead atoms. The maximum absolute atomic E-state index is 2.48. The fourth-order valence-corrected chi connectivity index (χ4v) is 3.40. The summed E-state index contributed by atoms with van der Waals surface area (Å²) < 4.78 is 0. The Kier molecular flexibility index (Phi) is 1.62. The number of nitrogens with zero attached hydrogens (tertiary/aromatic N) is 4. The molecule has 0 saturated carbocycles. The highest BCUT2D eigenvalue weighted by molar-refractivity contribution is 5.04. The summed E-state index contributed by atoms with van der Waals surface area (Å²) in [4.78, 5) is 0. The van der Waals surface area contributed by atoms with Gasteiger partial charge in [0.2, 0.25) is 0 Å². The molecule has 4 aliphatic heterocycles. The van der Waals surface area contributed by atoms with Gasteiger partial charge >= 0.3 is 0 Å². The van der Waals surface area contributed by atoms with Crippen LogP contribution in [0, 0.1) is 11.8 Å². The number of piperidine rings is 1. The molecule has 0 aromatic heterocycles. The first-order valence-corrected chi connectivity index (χ1v) is 5.54. The largest absolute Gasteiger partial charge is 0.225 e. The van der Waals surface area contributed by atoms with Crippen molar-refractivity contribution in [2.24, 2.45) is 11.8 Å². The van der Waals surface area contributed by atoms with Crippen molar-refractivity contribution in [1.82, 2.24) is 20.3 Å². The van der Waals surface area contributed by atoms with E-state index in [0.717, 1.165) is 11.8 Å². The fourth-order valence-electron chi connectivity index (χ4n) is 3.40. The number of hydrogen-bond donors (Lipinski definition) is 0. The molecule has 0 N–H and O–H groups in total. The average molecular weight is 196 g/mol. The molecule has 4 heterocycles. The maximum atomic E-state index is 2.48. The quantitative estimate of drug-likeness (QED) is 0.550. The topological polar surface area (TPSA) is 13.0 Å². The van der Waals surface area contributed by atoms with E-state index in [9.17, 15) is 0 Å². The van der Waals surface area contributed by atoms with E-state index in [4.69, 9.17) is 0 Å². The first-order valence-electron chi connectivity index (χ1n) is 5.54. The predicted molar refractivity (Wildman–Crippen MR) is 54.9 cm³/mol. The van der Waals surface area contributed by atoms with Gasteiger partial charge in [-0.25, -0.2) is 10.0 Å². The summed E-state index contributed by atoms with van der Waals surface area (Å²) in [6, 6.07) is 0. The van der Waals surface area contributed by atoms with Gasteiger partial charge in [0.05, 0.1) is 5.54 Å². The van der Waals surface area contributed by atoms with Crippen LogP contribution in [0.3, 0.4) is 0 Å². The third kappa shape index (κ3) is 0.834. The molecule has 4 aliphatic rings. The van der Waals surface area contributed by atoms with Crippen molar-refractivity contribution in [1.29, 1.82) is 0 Å². The highest BCUT2D eigenvalue weighted by Crippen LogP contribution is 2.45. The highest BCUT2D eigenvalue weighted by Gasteiger charge is 2.57. The Labute approximate surface area is 86.0 Å². The zero-order valence-electron chi connectivity index (χ0n) is 9.56. The van der Waals surface area contributed by atoms with Crippen molar-refractivity contribution < 1.29 is 0 Å². The van der Waals surface area contributed by atoms with Crippen LogP contribution in [0.2, 0.25) is 0 Å². The molecule has 0 amide bonds. The van der Waals surface area contributed by atoms with Crippen LogP contribution in [-0.2, 0) is 0 Å². The van der Waals surface area contributed by atoms with Crippen molar-refractivity contribution in [2.45, 2.75) is 19.4 Å². The molecule has 4 rings (SSSR count). The minimum Gasteiger partial charge on any atom is -0.225 e. The smallest absolute Gasteiger partial charge is 0.0509 e. The molecule has 4 saturated heterocycles. The minimum atomic E-state index is 0.341. The molecule has 14 heavy (non-hydrogen) atoms. The molecule has 5 atom stereocenters. The Morgan fingerprint density at radius 3 is 2.64 bits per heavy atom. The number of rotatable bonds is 0. The van der Waals surface area contributed by atoms with E-state index in [-0.39, 0.29) is 0 Å². The van der Waals surface area contributed by atoms with E-state index in [2.05, 4.69) is 48.2 Å². The van der Waals surface area contributed by atoms with Gasteiger partial charge in [-0.2, -0.15) is 10.2 Å². The van der Waals surface area contributed by atoms with E-state index < -0.39 is 0 Å². The van der Waals surface area contributed by atoms with Crippen LogP contribution in [0.1, 0.15) is 13.8 Å². The lowest BCUT2D eigenvalue weighted by atomic mass is 9.72. The summed E-state index contributed by atoms with van der Waals surface area (Å²) in [5, 5.41) is 9.58. The van der Waals surface area contributed by atoms with Crippen molar-refractivity contribution in [3.05, 3.63) is 0 Å². The van der Waals surface area contributed by atoms with Gasteiger partial charge in [-0.3, -0.25) is 0 Å². The van der Waals surface area contributed by atoms with E-state index in [0.29, 0.717) is 5.54 Å². The SMILES string of the molecule is CC1C2CN3CC1(C)N(C)N(C2)N3C. The molecular weight excluding hydrogens is 176 g/mol. The summed E-state index contributed by atoms with van der Waals surface area (Å²) in [5.74, 6) is 1.66. The van der Waals surface area contributed by atoms with Crippen LogP contribution in [-0.4, -0.2) is 59.5 Å². The molecule has 0 aromatic carbocycles. The van der Waals surface area contributed by atoms with E-state index in [1.54, 1.807) is 0 Å². The fraction of sp³-hybridized carbons (Fsp3) is 1.00.